The fraction of sp³-hybridized carbons (Fsp3) is 0.381. The van der Waals surface area contributed by atoms with Crippen LogP contribution in [-0.4, -0.2) is 14.3 Å². The van der Waals surface area contributed by atoms with Gasteiger partial charge in [0, 0.05) is 18.2 Å². The van der Waals surface area contributed by atoms with Crippen LogP contribution in [0.1, 0.15) is 45.7 Å². The van der Waals surface area contributed by atoms with Crippen LogP contribution in [-0.2, 0) is 26.8 Å². The minimum Gasteiger partial charge on any atom is -0.326 e. The van der Waals surface area contributed by atoms with Crippen LogP contribution in [0.4, 0.5) is 5.69 Å². The number of carbonyl (C=O) groups excluding carboxylic acids is 1. The highest BCUT2D eigenvalue weighted by Gasteiger charge is 2.17. The van der Waals surface area contributed by atoms with Gasteiger partial charge < -0.3 is 5.32 Å². The Morgan fingerprint density at radius 2 is 1.52 bits per heavy atom. The summed E-state index contributed by atoms with van der Waals surface area (Å²) in [6.45, 7) is 10.1. The molecule has 0 unspecified atom stereocenters. The second-order valence-electron chi connectivity index (χ2n) is 7.94. The molecule has 0 fully saturated rings. The van der Waals surface area contributed by atoms with Crippen molar-refractivity contribution in [3.63, 3.8) is 0 Å². The highest BCUT2D eigenvalue weighted by Crippen LogP contribution is 2.23. The smallest absolute Gasteiger partial charge is 0.240 e. The quantitative estimate of drug-likeness (QED) is 0.784. The Morgan fingerprint density at radius 3 is 2.00 bits per heavy atom. The van der Waals surface area contributed by atoms with Gasteiger partial charge in [0.15, 0.2) is 0 Å². The highest BCUT2D eigenvalue weighted by atomic mass is 32.2. The zero-order valence-corrected chi connectivity index (χ0v) is 17.4. The van der Waals surface area contributed by atoms with Gasteiger partial charge in [-0.2, -0.15) is 0 Å². The minimum absolute atomic E-state index is 0.0253. The zero-order chi connectivity index (χ0) is 20.2. The molecule has 0 bridgehead atoms. The molecule has 0 aliphatic rings. The molecule has 0 atom stereocenters. The van der Waals surface area contributed by atoms with Gasteiger partial charge in [-0.1, -0.05) is 58.9 Å². The first kappa shape index (κ1) is 21.1. The normalized spacial score (nSPS) is 12.2. The first-order valence-electron chi connectivity index (χ1n) is 8.99. The van der Waals surface area contributed by atoms with Gasteiger partial charge in [-0.3, -0.25) is 4.79 Å². The molecule has 0 saturated carbocycles. The standard InChI is InChI=1S/C21H28N2O3S/c1-15(2)20(24)23-18-10-6-16(7-11-18)14-22-27(25,26)19-12-8-17(9-13-19)21(3,4)5/h6-13,15,22H,14H2,1-5H3,(H,23,24). The molecule has 0 saturated heterocycles. The van der Waals surface area contributed by atoms with E-state index < -0.39 is 10.0 Å². The van der Waals surface area contributed by atoms with Crippen molar-refractivity contribution in [2.45, 2.75) is 51.5 Å². The van der Waals surface area contributed by atoms with Crippen LogP contribution in [0.2, 0.25) is 0 Å². The van der Waals surface area contributed by atoms with Crippen LogP contribution in [0, 0.1) is 5.92 Å². The summed E-state index contributed by atoms with van der Waals surface area (Å²) in [4.78, 5) is 11.9. The highest BCUT2D eigenvalue weighted by molar-refractivity contribution is 7.89. The first-order valence-corrected chi connectivity index (χ1v) is 10.5. The Morgan fingerprint density at radius 1 is 0.963 bits per heavy atom. The number of amides is 1. The molecule has 0 radical (unpaired) electrons. The van der Waals surface area contributed by atoms with Crippen LogP contribution >= 0.6 is 0 Å². The van der Waals surface area contributed by atoms with E-state index >= 15 is 0 Å². The van der Waals surface area contributed by atoms with E-state index in [1.165, 1.54) is 0 Å². The molecular formula is C21H28N2O3S. The molecule has 0 spiro atoms. The van der Waals surface area contributed by atoms with Gasteiger partial charge in [0.1, 0.15) is 0 Å². The van der Waals surface area contributed by atoms with Crippen molar-refractivity contribution in [3.05, 3.63) is 59.7 Å². The van der Waals surface area contributed by atoms with Gasteiger partial charge in [-0.25, -0.2) is 13.1 Å². The van der Waals surface area contributed by atoms with Gasteiger partial charge in [0.25, 0.3) is 0 Å². The van der Waals surface area contributed by atoms with Crippen molar-refractivity contribution in [2.75, 3.05) is 5.32 Å². The maximum atomic E-state index is 12.5. The predicted octanol–water partition coefficient (Wildman–Crippen LogP) is 4.06. The zero-order valence-electron chi connectivity index (χ0n) is 16.5. The van der Waals surface area contributed by atoms with Crippen molar-refractivity contribution in [1.82, 2.24) is 4.72 Å². The predicted molar refractivity (Wildman–Crippen MR) is 109 cm³/mol. The molecular weight excluding hydrogens is 360 g/mol. The van der Waals surface area contributed by atoms with Crippen molar-refractivity contribution in [3.8, 4) is 0 Å². The van der Waals surface area contributed by atoms with Gasteiger partial charge in [-0.15, -0.1) is 0 Å². The number of hydrogen-bond acceptors (Lipinski definition) is 3. The Balaban J connectivity index is 2.01. The molecule has 2 rings (SSSR count). The van der Waals surface area contributed by atoms with Crippen LogP contribution in [0.3, 0.4) is 0 Å². The summed E-state index contributed by atoms with van der Waals surface area (Å²) in [6.07, 6.45) is 0. The molecule has 0 aliphatic carbocycles. The van der Waals surface area contributed by atoms with Crippen molar-refractivity contribution in [1.29, 1.82) is 0 Å². The fourth-order valence-corrected chi connectivity index (χ4v) is 3.41. The number of hydrogen-bond donors (Lipinski definition) is 2. The van der Waals surface area contributed by atoms with Crippen molar-refractivity contribution >= 4 is 21.6 Å². The third-order valence-corrected chi connectivity index (χ3v) is 5.66. The summed E-state index contributed by atoms with van der Waals surface area (Å²) >= 11 is 0. The fourth-order valence-electron chi connectivity index (χ4n) is 2.39. The van der Waals surface area contributed by atoms with Crippen molar-refractivity contribution < 1.29 is 13.2 Å². The van der Waals surface area contributed by atoms with E-state index in [0.29, 0.717) is 5.69 Å². The van der Waals surface area contributed by atoms with Crippen LogP contribution in [0.25, 0.3) is 0 Å². The third kappa shape index (κ3) is 5.91. The number of sulfonamides is 1. The second kappa shape index (κ2) is 8.23. The number of carbonyl (C=O) groups is 1. The molecule has 2 aromatic rings. The molecule has 27 heavy (non-hydrogen) atoms. The summed E-state index contributed by atoms with van der Waals surface area (Å²) < 4.78 is 27.6. The minimum atomic E-state index is -3.58. The molecule has 2 N–H and O–H groups in total. The lowest BCUT2D eigenvalue weighted by atomic mass is 9.87. The van der Waals surface area contributed by atoms with E-state index in [4.69, 9.17) is 0 Å². The molecule has 146 valence electrons. The van der Waals surface area contributed by atoms with E-state index in [1.807, 2.05) is 26.0 Å². The lowest BCUT2D eigenvalue weighted by Crippen LogP contribution is -2.23. The van der Waals surface area contributed by atoms with Crippen molar-refractivity contribution in [2.24, 2.45) is 5.92 Å². The second-order valence-corrected chi connectivity index (χ2v) is 9.71. The Kier molecular flexibility index (Phi) is 6.44. The average Bonchev–Trinajstić information content (AvgIpc) is 2.60. The number of anilines is 1. The van der Waals surface area contributed by atoms with Gasteiger partial charge in [0.05, 0.1) is 4.90 Å². The topological polar surface area (TPSA) is 75.3 Å². The lowest BCUT2D eigenvalue weighted by Gasteiger charge is -2.19. The third-order valence-electron chi connectivity index (χ3n) is 4.24. The van der Waals surface area contributed by atoms with E-state index in [2.05, 4.69) is 30.8 Å². The molecule has 2 aromatic carbocycles. The van der Waals surface area contributed by atoms with Crippen LogP contribution < -0.4 is 10.0 Å². The average molecular weight is 389 g/mol. The largest absolute Gasteiger partial charge is 0.326 e. The van der Waals surface area contributed by atoms with Crippen LogP contribution in [0.15, 0.2) is 53.4 Å². The van der Waals surface area contributed by atoms with Gasteiger partial charge in [0.2, 0.25) is 15.9 Å². The molecule has 0 heterocycles. The molecule has 0 aromatic heterocycles. The molecule has 1 amide bonds. The summed E-state index contributed by atoms with van der Waals surface area (Å²) in [6, 6.07) is 14.1. The lowest BCUT2D eigenvalue weighted by molar-refractivity contribution is -0.118. The van der Waals surface area contributed by atoms with E-state index in [9.17, 15) is 13.2 Å². The van der Waals surface area contributed by atoms with Crippen LogP contribution in [0.5, 0.6) is 0 Å². The maximum absolute atomic E-state index is 12.5. The van der Waals surface area contributed by atoms with Gasteiger partial charge >= 0.3 is 0 Å². The van der Waals surface area contributed by atoms with Gasteiger partial charge in [-0.05, 0) is 40.8 Å². The summed E-state index contributed by atoms with van der Waals surface area (Å²) in [5.74, 6) is -0.150. The molecule has 5 nitrogen and oxygen atoms in total. The summed E-state index contributed by atoms with van der Waals surface area (Å²) in [5, 5.41) is 2.81. The van der Waals surface area contributed by atoms with E-state index in [0.717, 1.165) is 11.1 Å². The maximum Gasteiger partial charge on any atom is 0.240 e. The SMILES string of the molecule is CC(C)C(=O)Nc1ccc(CNS(=O)(=O)c2ccc(C(C)(C)C)cc2)cc1. The summed E-state index contributed by atoms with van der Waals surface area (Å²) in [7, 11) is -3.58. The Labute approximate surface area is 162 Å². The first-order chi connectivity index (χ1) is 12.5. The number of nitrogens with one attached hydrogen (secondary N) is 2. The van der Waals surface area contributed by atoms with E-state index in [-0.39, 0.29) is 28.7 Å². The Hall–Kier alpha value is -2.18. The monoisotopic (exact) mass is 388 g/mol. The number of benzene rings is 2. The Bertz CT molecular complexity index is 879. The van der Waals surface area contributed by atoms with E-state index in [1.54, 1.807) is 36.4 Å². The molecule has 0 aliphatic heterocycles. The summed E-state index contributed by atoms with van der Waals surface area (Å²) in [5.41, 5.74) is 2.56. The number of rotatable bonds is 6. The molecule has 6 heteroatoms.